The van der Waals surface area contributed by atoms with E-state index in [0.717, 1.165) is 23.0 Å². The lowest BCUT2D eigenvalue weighted by molar-refractivity contribution is -0.0591. The van der Waals surface area contributed by atoms with E-state index in [1.165, 1.54) is 25.3 Å². The van der Waals surface area contributed by atoms with Crippen molar-refractivity contribution >= 4 is 22.9 Å². The van der Waals surface area contributed by atoms with Gasteiger partial charge in [0, 0.05) is 24.3 Å². The number of imidazole rings is 1. The predicted molar refractivity (Wildman–Crippen MR) is 146 cm³/mol. The molecule has 0 radical (unpaired) electrons. The molecule has 0 unspecified atom stereocenters. The minimum atomic E-state index is -0.516. The molecule has 1 aromatic heterocycles. The maximum absolute atomic E-state index is 14.3. The Balaban J connectivity index is 1.23. The van der Waals surface area contributed by atoms with Crippen molar-refractivity contribution in [3.05, 3.63) is 94.1 Å². The van der Waals surface area contributed by atoms with E-state index in [2.05, 4.69) is 0 Å². The lowest BCUT2D eigenvalue weighted by Gasteiger charge is -2.30. The van der Waals surface area contributed by atoms with E-state index in [0.29, 0.717) is 54.4 Å². The predicted octanol–water partition coefficient (Wildman–Crippen LogP) is 4.40. The zero-order valence-electron chi connectivity index (χ0n) is 22.4. The number of rotatable bonds is 8. The lowest BCUT2D eigenvalue weighted by atomic mass is 9.98. The molecule has 0 bridgehead atoms. The first-order valence-corrected chi connectivity index (χ1v) is 13.4. The smallest absolute Gasteiger partial charge is 0.337 e. The number of nitriles is 1. The lowest BCUT2D eigenvalue weighted by Crippen LogP contribution is -2.38. The summed E-state index contributed by atoms with van der Waals surface area (Å²) in [6.07, 6.45) is 1.65. The molecule has 6 rings (SSSR count). The van der Waals surface area contributed by atoms with Crippen molar-refractivity contribution in [2.75, 3.05) is 20.3 Å². The first-order valence-electron chi connectivity index (χ1n) is 13.4. The number of carbonyl (C=O) groups excluding carboxylic acids is 2. The van der Waals surface area contributed by atoms with Crippen LogP contribution in [0.5, 0.6) is 5.75 Å². The average Bonchev–Trinajstić information content (AvgIpc) is 3.31. The Morgan fingerprint density at radius 3 is 2.78 bits per heavy atom. The Kier molecular flexibility index (Phi) is 7.12. The van der Waals surface area contributed by atoms with Gasteiger partial charge >= 0.3 is 5.97 Å². The van der Waals surface area contributed by atoms with Gasteiger partial charge in [0.05, 0.1) is 54.5 Å². The van der Waals surface area contributed by atoms with Crippen LogP contribution in [-0.2, 0) is 35.6 Å². The summed E-state index contributed by atoms with van der Waals surface area (Å²) in [6.45, 7) is 2.06. The summed E-state index contributed by atoms with van der Waals surface area (Å²) in [5.41, 5.74) is 3.95. The highest BCUT2D eigenvalue weighted by Gasteiger charge is 2.28. The fourth-order valence-corrected chi connectivity index (χ4v) is 5.18. The summed E-state index contributed by atoms with van der Waals surface area (Å²) in [6, 6.07) is 16.7. The number of aromatic nitrogens is 2. The number of carbonyl (C=O) groups is 2. The van der Waals surface area contributed by atoms with Crippen LogP contribution in [0.15, 0.2) is 54.6 Å². The molecule has 2 aliphatic rings. The van der Waals surface area contributed by atoms with Crippen LogP contribution in [0.25, 0.3) is 11.0 Å². The number of nitrogens with zero attached hydrogens (tertiary/aromatic N) is 4. The molecule has 0 N–H and O–H groups in total. The van der Waals surface area contributed by atoms with E-state index in [1.807, 2.05) is 16.7 Å². The number of esters is 1. The molecule has 4 aromatic rings. The molecule has 10 heteroatoms. The van der Waals surface area contributed by atoms with Crippen LogP contribution in [0.1, 0.15) is 49.7 Å². The summed E-state index contributed by atoms with van der Waals surface area (Å²) < 4.78 is 32.7. The second kappa shape index (κ2) is 11.0. The summed E-state index contributed by atoms with van der Waals surface area (Å²) in [5.74, 6) is 0.0717. The summed E-state index contributed by atoms with van der Waals surface area (Å²) >= 11 is 0. The highest BCUT2D eigenvalue weighted by Crippen LogP contribution is 2.28. The molecule has 0 aliphatic carbocycles. The highest BCUT2D eigenvalue weighted by molar-refractivity contribution is 5.97. The monoisotopic (exact) mass is 554 g/mol. The molecule has 0 saturated carbocycles. The zero-order chi connectivity index (χ0) is 28.5. The van der Waals surface area contributed by atoms with E-state index >= 15 is 0 Å². The van der Waals surface area contributed by atoms with Crippen LogP contribution in [-0.4, -0.2) is 52.7 Å². The van der Waals surface area contributed by atoms with Crippen LogP contribution in [0.4, 0.5) is 4.39 Å². The molecule has 208 valence electrons. The first kappa shape index (κ1) is 26.5. The summed E-state index contributed by atoms with van der Waals surface area (Å²) in [7, 11) is 1.35. The van der Waals surface area contributed by atoms with E-state index in [-0.39, 0.29) is 30.7 Å². The maximum atomic E-state index is 14.3. The van der Waals surface area contributed by atoms with Gasteiger partial charge in [-0.05, 0) is 60.9 Å². The molecule has 1 fully saturated rings. The zero-order valence-corrected chi connectivity index (χ0v) is 22.4. The van der Waals surface area contributed by atoms with Gasteiger partial charge in [0.15, 0.2) is 0 Å². The number of benzene rings is 3. The van der Waals surface area contributed by atoms with Gasteiger partial charge < -0.3 is 23.7 Å². The van der Waals surface area contributed by atoms with Crippen molar-refractivity contribution in [1.82, 2.24) is 14.5 Å². The van der Waals surface area contributed by atoms with Crippen molar-refractivity contribution in [2.45, 2.75) is 38.6 Å². The van der Waals surface area contributed by atoms with Crippen LogP contribution < -0.4 is 4.74 Å². The first-order chi connectivity index (χ1) is 19.9. The molecule has 2 aliphatic heterocycles. The Labute approximate surface area is 235 Å². The highest BCUT2D eigenvalue weighted by atomic mass is 19.1. The second-order valence-electron chi connectivity index (χ2n) is 10.1. The third-order valence-electron chi connectivity index (χ3n) is 7.59. The van der Waals surface area contributed by atoms with Crippen molar-refractivity contribution < 1.29 is 28.2 Å². The number of amides is 1. The molecule has 9 nitrogen and oxygen atoms in total. The van der Waals surface area contributed by atoms with Crippen molar-refractivity contribution in [2.24, 2.45) is 0 Å². The molecular formula is C31H27FN4O5. The van der Waals surface area contributed by atoms with Crippen LogP contribution in [0, 0.1) is 17.1 Å². The van der Waals surface area contributed by atoms with Crippen LogP contribution >= 0.6 is 0 Å². The van der Waals surface area contributed by atoms with Gasteiger partial charge in [0.2, 0.25) is 0 Å². The van der Waals surface area contributed by atoms with Crippen molar-refractivity contribution in [3.63, 3.8) is 0 Å². The van der Waals surface area contributed by atoms with Crippen LogP contribution in [0.3, 0.4) is 0 Å². The number of ether oxygens (including phenoxy) is 3. The number of hydrogen-bond donors (Lipinski definition) is 0. The number of fused-ring (bicyclic) bond motifs is 2. The fraction of sp³-hybridized carbons (Fsp3) is 0.290. The average molecular weight is 555 g/mol. The number of methoxy groups -OCH3 is 1. The van der Waals surface area contributed by atoms with E-state index < -0.39 is 11.8 Å². The van der Waals surface area contributed by atoms with Gasteiger partial charge in [0.1, 0.15) is 24.0 Å². The third-order valence-corrected chi connectivity index (χ3v) is 7.59. The standard InChI is InChI=1S/C31H27FN4O5/c1-39-31(38)21-5-7-27-28(13-21)36(16-24-9-11-40-24)29(34-27)17-35-10-8-20-4-6-23(14-25(20)30(35)37)41-18-22-3-2-19(15-33)12-26(22)32/h2-7,12-14,24H,8-11,16-18H2,1H3/t24-/m0/s1. The van der Waals surface area contributed by atoms with Crippen molar-refractivity contribution in [1.29, 1.82) is 5.26 Å². The Bertz CT molecular complexity index is 1700. The minimum Gasteiger partial charge on any atom is -0.489 e. The van der Waals surface area contributed by atoms with Crippen molar-refractivity contribution in [3.8, 4) is 11.8 Å². The number of hydrogen-bond acceptors (Lipinski definition) is 7. The second-order valence-corrected chi connectivity index (χ2v) is 10.1. The summed E-state index contributed by atoms with van der Waals surface area (Å²) in [4.78, 5) is 32.4. The van der Waals surface area contributed by atoms with Gasteiger partial charge in [-0.25, -0.2) is 14.2 Å². The van der Waals surface area contributed by atoms with Gasteiger partial charge in [-0.1, -0.05) is 12.1 Å². The van der Waals surface area contributed by atoms with Gasteiger partial charge in [-0.2, -0.15) is 5.26 Å². The number of halogens is 1. The van der Waals surface area contributed by atoms with E-state index in [4.69, 9.17) is 24.5 Å². The van der Waals surface area contributed by atoms with Crippen LogP contribution in [0.2, 0.25) is 0 Å². The molecule has 1 amide bonds. The Morgan fingerprint density at radius 1 is 1.20 bits per heavy atom. The third kappa shape index (κ3) is 5.24. The molecule has 1 atom stereocenters. The molecule has 3 heterocycles. The molecule has 41 heavy (non-hydrogen) atoms. The molecule has 3 aromatic carbocycles. The molecule has 1 saturated heterocycles. The fourth-order valence-electron chi connectivity index (χ4n) is 5.18. The Hall–Kier alpha value is -4.75. The minimum absolute atomic E-state index is 0.0327. The Morgan fingerprint density at radius 2 is 2.05 bits per heavy atom. The topological polar surface area (TPSA) is 107 Å². The summed E-state index contributed by atoms with van der Waals surface area (Å²) in [5, 5.41) is 8.95. The van der Waals surface area contributed by atoms with Gasteiger partial charge in [-0.15, -0.1) is 0 Å². The SMILES string of the molecule is COC(=O)c1ccc2nc(CN3CCc4ccc(OCc5ccc(C#N)cc5F)cc4C3=O)n(C[C@@H]3CCO3)c2c1. The van der Waals surface area contributed by atoms with Gasteiger partial charge in [-0.3, -0.25) is 4.79 Å². The largest absolute Gasteiger partial charge is 0.489 e. The van der Waals surface area contributed by atoms with E-state index in [1.54, 1.807) is 35.2 Å². The van der Waals surface area contributed by atoms with Gasteiger partial charge in [0.25, 0.3) is 5.91 Å². The normalized spacial score (nSPS) is 16.2. The van der Waals surface area contributed by atoms with E-state index in [9.17, 15) is 14.0 Å². The molecule has 0 spiro atoms. The quantitative estimate of drug-likeness (QED) is 0.297. The molecular weight excluding hydrogens is 527 g/mol. The maximum Gasteiger partial charge on any atom is 0.337 e.